The van der Waals surface area contributed by atoms with E-state index in [0.717, 1.165) is 12.8 Å². The molecule has 0 bridgehead atoms. The third kappa shape index (κ3) is 7.85. The number of unbranched alkanes of at least 4 members (excludes halogenated alkanes) is 1. The molecule has 16 nitrogen and oxygen atoms in total. The van der Waals surface area contributed by atoms with Crippen molar-refractivity contribution in [3.05, 3.63) is 53.3 Å². The predicted molar refractivity (Wildman–Crippen MR) is 166 cm³/mol. The second-order valence-electron chi connectivity index (χ2n) is 11.0. The number of imidazole rings is 1. The number of phosphoric acid groups is 1. The van der Waals surface area contributed by atoms with Gasteiger partial charge in [-0.05, 0) is 36.2 Å². The van der Waals surface area contributed by atoms with Crippen molar-refractivity contribution in [1.29, 1.82) is 0 Å². The van der Waals surface area contributed by atoms with Crippen molar-refractivity contribution in [1.82, 2.24) is 24.9 Å². The highest BCUT2D eigenvalue weighted by molar-refractivity contribution is 7.46. The minimum Gasteiger partial charge on any atom is -0.508 e. The lowest BCUT2D eigenvalue weighted by Gasteiger charge is -2.14. The van der Waals surface area contributed by atoms with E-state index in [-0.39, 0.29) is 56.1 Å². The second kappa shape index (κ2) is 13.7. The van der Waals surface area contributed by atoms with E-state index in [2.05, 4.69) is 10.3 Å². The molecule has 47 heavy (non-hydrogen) atoms. The fourth-order valence-electron chi connectivity index (χ4n) is 5.17. The predicted octanol–water partition coefficient (Wildman–Crippen LogP) is 2.74. The summed E-state index contributed by atoms with van der Waals surface area (Å²) in [5, 5.41) is 14.5. The van der Waals surface area contributed by atoms with Crippen LogP contribution in [0.3, 0.4) is 0 Å². The Kier molecular flexibility index (Phi) is 9.75. The number of hydrogen-bond donors (Lipinski definition) is 5. The molecule has 1 saturated heterocycles. The molecule has 0 unspecified atom stereocenters. The van der Waals surface area contributed by atoms with Gasteiger partial charge in [-0.3, -0.25) is 24.2 Å². The fraction of sp³-hybridized carbons (Fsp3) is 0.333. The van der Waals surface area contributed by atoms with Gasteiger partial charge in [0.1, 0.15) is 22.8 Å². The molecule has 2 aromatic heterocycles. The highest BCUT2D eigenvalue weighted by Gasteiger charge is 2.32. The van der Waals surface area contributed by atoms with E-state index in [0.29, 0.717) is 50.4 Å². The summed E-state index contributed by atoms with van der Waals surface area (Å²) in [5.41, 5.74) is 8.99. The minimum absolute atomic E-state index is 0.0263. The van der Waals surface area contributed by atoms with Gasteiger partial charge in [0.15, 0.2) is 5.82 Å². The summed E-state index contributed by atoms with van der Waals surface area (Å²) in [4.78, 5) is 80.3. The number of aryl methyl sites for hydroxylation is 1. The summed E-state index contributed by atoms with van der Waals surface area (Å²) in [6.07, 6.45) is 1.70. The Bertz CT molecular complexity index is 1920. The van der Waals surface area contributed by atoms with Crippen molar-refractivity contribution in [2.24, 2.45) is 0 Å². The molecule has 1 aliphatic heterocycles. The number of phenols is 1. The largest absolute Gasteiger partial charge is 0.524 e. The average Bonchev–Trinajstić information content (AvgIpc) is 3.53. The Morgan fingerprint density at radius 1 is 1.06 bits per heavy atom. The zero-order valence-electron chi connectivity index (χ0n) is 25.3. The number of benzene rings is 2. The fourth-order valence-corrected chi connectivity index (χ4v) is 5.56. The van der Waals surface area contributed by atoms with Gasteiger partial charge in [0.05, 0.1) is 24.0 Å². The Hall–Kier alpha value is -5.05. The first-order chi connectivity index (χ1) is 22.3. The van der Waals surface area contributed by atoms with E-state index in [9.17, 15) is 38.6 Å². The lowest BCUT2D eigenvalue weighted by molar-refractivity contribution is -0.197. The van der Waals surface area contributed by atoms with Gasteiger partial charge in [0.25, 0.3) is 11.8 Å². The number of amides is 3. The monoisotopic (exact) mass is 668 g/mol. The molecule has 1 fully saturated rings. The number of pyridine rings is 1. The number of nitrogens with two attached hydrogens (primary N) is 1. The number of fused-ring (bicyclic) bond motifs is 3. The van der Waals surface area contributed by atoms with Crippen LogP contribution in [0.4, 0.5) is 5.82 Å². The maximum Gasteiger partial charge on any atom is 0.524 e. The number of nitrogen functional groups attached to an aromatic ring is 1. The number of rotatable bonds is 13. The van der Waals surface area contributed by atoms with Gasteiger partial charge < -0.3 is 30.1 Å². The Labute approximate surface area is 267 Å². The van der Waals surface area contributed by atoms with Crippen molar-refractivity contribution in [2.75, 3.05) is 5.73 Å². The molecule has 6 N–H and O–H groups in total. The summed E-state index contributed by atoms with van der Waals surface area (Å²) >= 11 is 0. The lowest BCUT2D eigenvalue weighted by Crippen LogP contribution is -2.32. The molecule has 2 aromatic carbocycles. The molecule has 0 aliphatic carbocycles. The molecule has 0 radical (unpaired) electrons. The smallest absolute Gasteiger partial charge is 0.508 e. The van der Waals surface area contributed by atoms with Crippen LogP contribution < -0.4 is 15.6 Å². The molecule has 3 amide bonds. The number of aromatic nitrogens is 3. The number of hydroxylamine groups is 2. The number of phosphoric ester groups is 1. The molecular formula is C30H33N6O10P. The summed E-state index contributed by atoms with van der Waals surface area (Å²) in [6.45, 7) is 2.23. The number of phenolic OH excluding ortho intramolecular Hbond substituents is 1. The van der Waals surface area contributed by atoms with Crippen LogP contribution in [0.1, 0.15) is 62.4 Å². The first kappa shape index (κ1) is 33.3. The number of carbonyl (C=O) groups is 4. The topological polar surface area (TPSA) is 236 Å². The third-order valence-corrected chi connectivity index (χ3v) is 7.90. The minimum atomic E-state index is -4.83. The number of anilines is 1. The summed E-state index contributed by atoms with van der Waals surface area (Å²) in [7, 11) is -4.83. The average molecular weight is 669 g/mol. The van der Waals surface area contributed by atoms with Gasteiger partial charge in [-0.15, -0.1) is 5.06 Å². The van der Waals surface area contributed by atoms with Gasteiger partial charge in [-0.1, -0.05) is 25.5 Å². The zero-order chi connectivity index (χ0) is 33.9. The normalized spacial score (nSPS) is 13.5. The molecule has 17 heteroatoms. The molecule has 1 aliphatic rings. The number of carbonyl (C=O) groups excluding carboxylic acids is 4. The van der Waals surface area contributed by atoms with Crippen LogP contribution in [-0.2, 0) is 48.1 Å². The Morgan fingerprint density at radius 3 is 2.51 bits per heavy atom. The van der Waals surface area contributed by atoms with Gasteiger partial charge in [0.2, 0.25) is 5.91 Å². The van der Waals surface area contributed by atoms with Crippen molar-refractivity contribution in [3.63, 3.8) is 0 Å². The van der Waals surface area contributed by atoms with Gasteiger partial charge in [-0.25, -0.2) is 19.3 Å². The van der Waals surface area contributed by atoms with E-state index >= 15 is 0 Å². The quantitative estimate of drug-likeness (QED) is 0.102. The zero-order valence-corrected chi connectivity index (χ0v) is 26.2. The number of imide groups is 1. The van der Waals surface area contributed by atoms with E-state index in [4.69, 9.17) is 20.1 Å². The van der Waals surface area contributed by atoms with Crippen molar-refractivity contribution in [3.8, 4) is 11.5 Å². The van der Waals surface area contributed by atoms with Crippen LogP contribution in [0, 0.1) is 0 Å². The molecule has 0 saturated carbocycles. The van der Waals surface area contributed by atoms with E-state index in [1.807, 2.05) is 17.6 Å². The highest BCUT2D eigenvalue weighted by atomic mass is 31.2. The van der Waals surface area contributed by atoms with Crippen LogP contribution in [0.15, 0.2) is 36.4 Å². The van der Waals surface area contributed by atoms with Crippen LogP contribution >= 0.6 is 7.82 Å². The second-order valence-corrected chi connectivity index (χ2v) is 12.1. The Morgan fingerprint density at radius 2 is 1.81 bits per heavy atom. The van der Waals surface area contributed by atoms with Gasteiger partial charge in [0, 0.05) is 43.2 Å². The van der Waals surface area contributed by atoms with Crippen LogP contribution in [-0.4, -0.2) is 58.2 Å². The maximum absolute atomic E-state index is 12.4. The van der Waals surface area contributed by atoms with E-state index in [1.54, 1.807) is 12.1 Å². The molecular weight excluding hydrogens is 635 g/mol. The standard InChI is InChI=1S/C30H33N6O10P/c1-2-3-4-23-34-28-29(35(23)16-18-14-19(6-8-22(18)37)46-47(42,43)44)20-7-5-17(13-21(20)33-30(28)31)15-32-24(38)9-12-27(41)45-36-25(39)10-11-26(36)40/h5-8,13-14,37H,2-4,9-12,15-16H2,1H3,(H2,31,33)(H,32,38)(H2,42,43,44). The van der Waals surface area contributed by atoms with Crippen molar-refractivity contribution in [2.45, 2.75) is 65.0 Å². The molecule has 0 atom stereocenters. The van der Waals surface area contributed by atoms with Crippen LogP contribution in [0.2, 0.25) is 0 Å². The van der Waals surface area contributed by atoms with E-state index in [1.165, 1.54) is 18.2 Å². The van der Waals surface area contributed by atoms with Crippen LogP contribution in [0.5, 0.6) is 11.5 Å². The van der Waals surface area contributed by atoms with Crippen molar-refractivity contribution >= 4 is 59.3 Å². The highest BCUT2D eigenvalue weighted by Crippen LogP contribution is 2.39. The number of hydrogen-bond acceptors (Lipinski definition) is 11. The Balaban J connectivity index is 1.37. The summed E-state index contributed by atoms with van der Waals surface area (Å²) < 4.78 is 18.0. The molecule has 5 rings (SSSR count). The molecule has 248 valence electrons. The summed E-state index contributed by atoms with van der Waals surface area (Å²) in [6, 6.07) is 9.24. The van der Waals surface area contributed by atoms with Gasteiger partial charge in [-0.2, -0.15) is 0 Å². The number of aromatic hydroxyl groups is 1. The number of nitrogens with one attached hydrogen (secondary N) is 1. The SMILES string of the molecule is CCCCc1nc2c(N)nc3cc(CNC(=O)CCC(=O)ON4C(=O)CCC4=O)ccc3c2n1Cc1cc(OP(=O)(O)O)ccc1O. The maximum atomic E-state index is 12.4. The number of nitrogens with zero attached hydrogens (tertiary/aromatic N) is 4. The molecule has 4 aromatic rings. The first-order valence-corrected chi connectivity index (χ1v) is 16.3. The van der Waals surface area contributed by atoms with Crippen molar-refractivity contribution < 1.29 is 48.0 Å². The molecule has 3 heterocycles. The van der Waals surface area contributed by atoms with Crippen LogP contribution in [0.25, 0.3) is 21.9 Å². The van der Waals surface area contributed by atoms with E-state index < -0.39 is 31.5 Å². The van der Waals surface area contributed by atoms with Gasteiger partial charge >= 0.3 is 13.8 Å². The lowest BCUT2D eigenvalue weighted by atomic mass is 10.1. The first-order valence-electron chi connectivity index (χ1n) is 14.8. The summed E-state index contributed by atoms with van der Waals surface area (Å²) in [5.74, 6) is -1.90. The third-order valence-electron chi connectivity index (χ3n) is 7.45. The molecule has 0 spiro atoms.